The maximum absolute atomic E-state index is 3.52. The predicted octanol–water partition coefficient (Wildman–Crippen LogP) is 1.93. The van der Waals surface area contributed by atoms with Crippen LogP contribution in [0.4, 0.5) is 0 Å². The first kappa shape index (κ1) is 13.8. The topological polar surface area (TPSA) is 18.5 Å². The molecule has 0 aromatic rings. The van der Waals surface area contributed by atoms with Gasteiger partial charge in [0.1, 0.15) is 0 Å². The average Bonchev–Trinajstić information content (AvgIpc) is 2.93. The molecule has 19 heavy (non-hydrogen) atoms. The minimum Gasteiger partial charge on any atom is -0.317 e. The van der Waals surface area contributed by atoms with Crippen molar-refractivity contribution in [2.24, 2.45) is 5.92 Å². The van der Waals surface area contributed by atoms with E-state index in [2.05, 4.69) is 22.0 Å². The van der Waals surface area contributed by atoms with Crippen LogP contribution >= 0.6 is 0 Å². The van der Waals surface area contributed by atoms with Crippen LogP contribution in [0.25, 0.3) is 0 Å². The van der Waals surface area contributed by atoms with Crippen LogP contribution in [-0.4, -0.2) is 61.2 Å². The largest absolute Gasteiger partial charge is 0.317 e. The molecule has 1 N–H and O–H groups in total. The second-order valence-corrected chi connectivity index (χ2v) is 6.80. The number of nitrogens with zero attached hydrogens (tertiary/aromatic N) is 2. The van der Waals surface area contributed by atoms with Crippen LogP contribution < -0.4 is 5.32 Å². The molecule has 0 saturated carbocycles. The molecule has 3 fully saturated rings. The fourth-order valence-corrected chi connectivity index (χ4v) is 4.41. The summed E-state index contributed by atoms with van der Waals surface area (Å²) in [7, 11) is 0. The molecule has 3 aliphatic heterocycles. The van der Waals surface area contributed by atoms with Gasteiger partial charge in [0.15, 0.2) is 0 Å². The summed E-state index contributed by atoms with van der Waals surface area (Å²) in [4.78, 5) is 5.56. The molecule has 3 saturated heterocycles. The lowest BCUT2D eigenvalue weighted by Gasteiger charge is -2.43. The van der Waals surface area contributed by atoms with E-state index in [0.29, 0.717) is 0 Å². The molecule has 3 aliphatic rings. The fraction of sp³-hybridized carbons (Fsp3) is 1.00. The first-order valence-electron chi connectivity index (χ1n) is 8.55. The molecule has 0 spiro atoms. The summed E-state index contributed by atoms with van der Waals surface area (Å²) < 4.78 is 0. The number of rotatable bonds is 4. The van der Waals surface area contributed by atoms with Crippen molar-refractivity contribution in [2.75, 3.05) is 39.3 Å². The third-order valence-electron chi connectivity index (χ3n) is 5.64. The lowest BCUT2D eigenvalue weighted by molar-refractivity contribution is 0.0623. The van der Waals surface area contributed by atoms with Gasteiger partial charge in [-0.25, -0.2) is 0 Å². The molecule has 3 rings (SSSR count). The third kappa shape index (κ3) is 3.32. The molecule has 0 aliphatic carbocycles. The van der Waals surface area contributed by atoms with Gasteiger partial charge in [-0.2, -0.15) is 0 Å². The standard InChI is InChI=1S/C16H31N3/c1-2-17-13-14-5-9-19(10-6-14)16-7-11-18-8-3-4-15(18)12-16/h14-17H,2-13H2,1H3. The van der Waals surface area contributed by atoms with Crippen molar-refractivity contribution >= 4 is 0 Å². The van der Waals surface area contributed by atoms with Crippen LogP contribution in [0, 0.1) is 5.92 Å². The molecular formula is C16H31N3. The number of hydrogen-bond donors (Lipinski definition) is 1. The predicted molar refractivity (Wildman–Crippen MR) is 80.5 cm³/mol. The maximum Gasteiger partial charge on any atom is 0.0122 e. The highest BCUT2D eigenvalue weighted by atomic mass is 15.2. The smallest absolute Gasteiger partial charge is 0.0122 e. The van der Waals surface area contributed by atoms with Crippen LogP contribution in [-0.2, 0) is 0 Å². The van der Waals surface area contributed by atoms with E-state index in [1.54, 1.807) is 0 Å². The van der Waals surface area contributed by atoms with E-state index in [0.717, 1.165) is 24.5 Å². The number of piperidine rings is 2. The van der Waals surface area contributed by atoms with E-state index in [-0.39, 0.29) is 0 Å². The molecule has 2 atom stereocenters. The van der Waals surface area contributed by atoms with Crippen molar-refractivity contribution < 1.29 is 0 Å². The van der Waals surface area contributed by atoms with Gasteiger partial charge in [0.2, 0.25) is 0 Å². The molecular weight excluding hydrogens is 234 g/mol. The van der Waals surface area contributed by atoms with Crippen LogP contribution in [0.3, 0.4) is 0 Å². The molecule has 3 heterocycles. The van der Waals surface area contributed by atoms with Gasteiger partial charge in [-0.15, -0.1) is 0 Å². The van der Waals surface area contributed by atoms with E-state index in [9.17, 15) is 0 Å². The Morgan fingerprint density at radius 2 is 1.58 bits per heavy atom. The second kappa shape index (κ2) is 6.55. The van der Waals surface area contributed by atoms with Gasteiger partial charge < -0.3 is 15.1 Å². The Morgan fingerprint density at radius 1 is 0.895 bits per heavy atom. The minimum atomic E-state index is 0.902. The zero-order chi connectivity index (χ0) is 13.1. The Hall–Kier alpha value is -0.120. The Labute approximate surface area is 118 Å². The summed E-state index contributed by atoms with van der Waals surface area (Å²) in [6, 6.07) is 1.83. The van der Waals surface area contributed by atoms with E-state index in [1.165, 1.54) is 71.2 Å². The highest BCUT2D eigenvalue weighted by Gasteiger charge is 2.35. The summed E-state index contributed by atoms with van der Waals surface area (Å²) >= 11 is 0. The van der Waals surface area contributed by atoms with Crippen LogP contribution in [0.15, 0.2) is 0 Å². The average molecular weight is 265 g/mol. The molecule has 0 bridgehead atoms. The molecule has 0 aromatic carbocycles. The van der Waals surface area contributed by atoms with Crippen LogP contribution in [0.5, 0.6) is 0 Å². The van der Waals surface area contributed by atoms with Gasteiger partial charge >= 0.3 is 0 Å². The van der Waals surface area contributed by atoms with Gasteiger partial charge in [-0.05, 0) is 83.7 Å². The summed E-state index contributed by atoms with van der Waals surface area (Å²) in [5.41, 5.74) is 0. The second-order valence-electron chi connectivity index (χ2n) is 6.80. The van der Waals surface area contributed by atoms with Gasteiger partial charge in [0.25, 0.3) is 0 Å². The first-order chi connectivity index (χ1) is 9.36. The molecule has 3 heteroatoms. The van der Waals surface area contributed by atoms with Crippen LogP contribution in [0.1, 0.15) is 45.4 Å². The van der Waals surface area contributed by atoms with Gasteiger partial charge in [-0.3, -0.25) is 0 Å². The molecule has 2 unspecified atom stereocenters. The SMILES string of the molecule is CCNCC1CCN(C2CCN3CCCC3C2)CC1. The van der Waals surface area contributed by atoms with Crippen molar-refractivity contribution in [2.45, 2.75) is 57.5 Å². The highest BCUT2D eigenvalue weighted by Crippen LogP contribution is 2.31. The lowest BCUT2D eigenvalue weighted by atomic mass is 9.91. The third-order valence-corrected chi connectivity index (χ3v) is 5.64. The van der Waals surface area contributed by atoms with Crippen molar-refractivity contribution in [1.29, 1.82) is 0 Å². The summed E-state index contributed by atoms with van der Waals surface area (Å²) in [6.07, 6.45) is 8.62. The van der Waals surface area contributed by atoms with Crippen molar-refractivity contribution in [3.63, 3.8) is 0 Å². The highest BCUT2D eigenvalue weighted by molar-refractivity contribution is 4.91. The van der Waals surface area contributed by atoms with Crippen LogP contribution in [0.2, 0.25) is 0 Å². The van der Waals surface area contributed by atoms with E-state index in [1.807, 2.05) is 0 Å². The molecule has 110 valence electrons. The maximum atomic E-state index is 3.52. The number of likely N-dealkylation sites (tertiary alicyclic amines) is 1. The first-order valence-corrected chi connectivity index (χ1v) is 8.55. The Balaban J connectivity index is 1.44. The molecule has 0 aromatic heterocycles. The quantitative estimate of drug-likeness (QED) is 0.838. The van der Waals surface area contributed by atoms with Gasteiger partial charge in [-0.1, -0.05) is 6.92 Å². The lowest BCUT2D eigenvalue weighted by Crippen LogP contribution is -2.50. The Kier molecular flexibility index (Phi) is 4.78. The summed E-state index contributed by atoms with van der Waals surface area (Å²) in [5.74, 6) is 0.933. The Bertz CT molecular complexity index is 273. The normalized spacial score (nSPS) is 34.6. The van der Waals surface area contributed by atoms with Crippen molar-refractivity contribution in [1.82, 2.24) is 15.1 Å². The van der Waals surface area contributed by atoms with Gasteiger partial charge in [0.05, 0.1) is 0 Å². The Morgan fingerprint density at radius 3 is 2.37 bits per heavy atom. The van der Waals surface area contributed by atoms with Gasteiger partial charge in [0, 0.05) is 12.1 Å². The molecule has 0 amide bonds. The minimum absolute atomic E-state index is 0.902. The summed E-state index contributed by atoms with van der Waals surface area (Å²) in [6.45, 7) is 10.0. The van der Waals surface area contributed by atoms with E-state index >= 15 is 0 Å². The monoisotopic (exact) mass is 265 g/mol. The molecule has 0 radical (unpaired) electrons. The van der Waals surface area contributed by atoms with Crippen molar-refractivity contribution in [3.05, 3.63) is 0 Å². The number of nitrogens with one attached hydrogen (secondary N) is 1. The number of fused-ring (bicyclic) bond motifs is 1. The van der Waals surface area contributed by atoms with E-state index < -0.39 is 0 Å². The fourth-order valence-electron chi connectivity index (χ4n) is 4.41. The zero-order valence-electron chi connectivity index (χ0n) is 12.6. The molecule has 3 nitrogen and oxygen atoms in total. The zero-order valence-corrected chi connectivity index (χ0v) is 12.6. The van der Waals surface area contributed by atoms with Crippen molar-refractivity contribution in [3.8, 4) is 0 Å². The van der Waals surface area contributed by atoms with E-state index in [4.69, 9.17) is 0 Å². The number of hydrogen-bond acceptors (Lipinski definition) is 3. The summed E-state index contributed by atoms with van der Waals surface area (Å²) in [5, 5.41) is 3.52.